The van der Waals surface area contributed by atoms with E-state index < -0.39 is 17.2 Å². The van der Waals surface area contributed by atoms with Crippen molar-refractivity contribution in [3.63, 3.8) is 0 Å². The second kappa shape index (κ2) is 9.23. The number of esters is 1. The number of carbonyl (C=O) groups excluding carboxylic acids is 1. The lowest BCUT2D eigenvalue weighted by atomic mass is 10.3. The van der Waals surface area contributed by atoms with E-state index in [-0.39, 0.29) is 12.2 Å². The van der Waals surface area contributed by atoms with Gasteiger partial charge in [-0.15, -0.1) is 11.3 Å². The number of nitrogens with zero attached hydrogens (tertiary/aromatic N) is 3. The van der Waals surface area contributed by atoms with E-state index in [2.05, 4.69) is 10.3 Å². The lowest BCUT2D eigenvalue weighted by Crippen LogP contribution is -2.37. The van der Waals surface area contributed by atoms with Crippen molar-refractivity contribution in [2.45, 2.75) is 6.61 Å². The Morgan fingerprint density at radius 1 is 1.23 bits per heavy atom. The Hall–Kier alpha value is -3.66. The summed E-state index contributed by atoms with van der Waals surface area (Å²) >= 11 is 1.38. The number of carbonyl (C=O) groups is 1. The molecule has 2 aromatic heterocycles. The molecule has 30 heavy (non-hydrogen) atoms. The summed E-state index contributed by atoms with van der Waals surface area (Å²) < 4.78 is 12.5. The molecule has 0 aliphatic heterocycles. The first-order valence-corrected chi connectivity index (χ1v) is 9.72. The predicted molar refractivity (Wildman–Crippen MR) is 114 cm³/mol. The maximum atomic E-state index is 12.0. The fourth-order valence-electron chi connectivity index (χ4n) is 2.53. The average molecular weight is 428 g/mol. The van der Waals surface area contributed by atoms with Crippen LogP contribution in [0.1, 0.15) is 11.3 Å². The molecule has 0 amide bonds. The Labute approximate surface area is 175 Å². The van der Waals surface area contributed by atoms with Gasteiger partial charge in [-0.25, -0.2) is 14.6 Å². The molecule has 10 heteroatoms. The number of rotatable bonds is 7. The SMILES string of the molecule is COc1ccc(Nc2nc(COC(=O)/C=C\c3cn(C)c(=O)n(C)c3=O)cs2)cc1. The van der Waals surface area contributed by atoms with Gasteiger partial charge in [0.1, 0.15) is 12.4 Å². The van der Waals surface area contributed by atoms with Gasteiger partial charge in [-0.1, -0.05) is 0 Å². The number of aromatic nitrogens is 3. The number of aryl methyl sites for hydroxylation is 1. The topological polar surface area (TPSA) is 104 Å². The number of thiazole rings is 1. The molecule has 0 aliphatic carbocycles. The van der Waals surface area contributed by atoms with Crippen LogP contribution in [0.3, 0.4) is 0 Å². The van der Waals surface area contributed by atoms with Gasteiger partial charge in [0.2, 0.25) is 0 Å². The zero-order valence-electron chi connectivity index (χ0n) is 16.6. The summed E-state index contributed by atoms with van der Waals surface area (Å²) in [5.74, 6) is 0.138. The van der Waals surface area contributed by atoms with Crippen molar-refractivity contribution in [2.75, 3.05) is 12.4 Å². The Kier molecular flexibility index (Phi) is 6.48. The van der Waals surface area contributed by atoms with Crippen molar-refractivity contribution < 1.29 is 14.3 Å². The Balaban J connectivity index is 1.57. The quantitative estimate of drug-likeness (QED) is 0.454. The van der Waals surface area contributed by atoms with Gasteiger partial charge in [0.15, 0.2) is 5.13 Å². The molecule has 1 aromatic carbocycles. The smallest absolute Gasteiger partial charge is 0.331 e. The molecule has 3 aromatic rings. The summed E-state index contributed by atoms with van der Waals surface area (Å²) in [6, 6.07) is 7.41. The lowest BCUT2D eigenvalue weighted by Gasteiger charge is -2.04. The highest BCUT2D eigenvalue weighted by Gasteiger charge is 2.07. The molecule has 0 saturated heterocycles. The second-order valence-corrected chi connectivity index (χ2v) is 7.14. The van der Waals surface area contributed by atoms with Crippen LogP contribution >= 0.6 is 11.3 Å². The number of nitrogens with one attached hydrogen (secondary N) is 1. The molecular formula is C20H20N4O5S. The number of methoxy groups -OCH3 is 1. The van der Waals surface area contributed by atoms with Gasteiger partial charge in [0.05, 0.1) is 18.4 Å². The third-order valence-corrected chi connectivity index (χ3v) is 4.93. The monoisotopic (exact) mass is 428 g/mol. The highest BCUT2D eigenvalue weighted by atomic mass is 32.1. The summed E-state index contributed by atoms with van der Waals surface area (Å²) in [6.45, 7) is -0.00471. The molecule has 0 fully saturated rings. The van der Waals surface area contributed by atoms with Gasteiger partial charge < -0.3 is 19.4 Å². The van der Waals surface area contributed by atoms with Crippen molar-refractivity contribution >= 4 is 34.2 Å². The van der Waals surface area contributed by atoms with Crippen molar-refractivity contribution in [3.8, 4) is 5.75 Å². The molecule has 0 bridgehead atoms. The van der Waals surface area contributed by atoms with Crippen LogP contribution in [-0.2, 0) is 30.2 Å². The lowest BCUT2D eigenvalue weighted by molar-refractivity contribution is -0.139. The van der Waals surface area contributed by atoms with Crippen LogP contribution in [-0.4, -0.2) is 27.2 Å². The molecule has 1 N–H and O–H groups in total. The average Bonchev–Trinajstić information content (AvgIpc) is 3.20. The van der Waals surface area contributed by atoms with Crippen LogP contribution in [0.25, 0.3) is 6.08 Å². The molecule has 0 unspecified atom stereocenters. The van der Waals surface area contributed by atoms with Crippen LogP contribution in [0.4, 0.5) is 10.8 Å². The Morgan fingerprint density at radius 2 is 1.97 bits per heavy atom. The summed E-state index contributed by atoms with van der Waals surface area (Å²) in [7, 11) is 4.51. The second-order valence-electron chi connectivity index (χ2n) is 6.28. The minimum absolute atomic E-state index is 0.00471. The fourth-order valence-corrected chi connectivity index (χ4v) is 3.25. The third-order valence-electron chi connectivity index (χ3n) is 4.13. The van der Waals surface area contributed by atoms with E-state index >= 15 is 0 Å². The van der Waals surface area contributed by atoms with E-state index in [0.717, 1.165) is 22.1 Å². The zero-order chi connectivity index (χ0) is 21.7. The van der Waals surface area contributed by atoms with Crippen molar-refractivity contribution in [3.05, 3.63) is 74.0 Å². The van der Waals surface area contributed by atoms with Gasteiger partial charge in [-0.2, -0.15) is 0 Å². The largest absolute Gasteiger partial charge is 0.497 e. The predicted octanol–water partition coefficient (Wildman–Crippen LogP) is 2.05. The number of benzene rings is 1. The van der Waals surface area contributed by atoms with Gasteiger partial charge in [-0.05, 0) is 30.3 Å². The molecule has 2 heterocycles. The van der Waals surface area contributed by atoms with Crippen molar-refractivity contribution in [1.29, 1.82) is 0 Å². The van der Waals surface area contributed by atoms with Crippen LogP contribution in [0.2, 0.25) is 0 Å². The number of hydrogen-bond acceptors (Lipinski definition) is 8. The number of hydrogen-bond donors (Lipinski definition) is 1. The highest BCUT2D eigenvalue weighted by Crippen LogP contribution is 2.23. The summed E-state index contributed by atoms with van der Waals surface area (Å²) in [6.07, 6.45) is 3.83. The Morgan fingerprint density at radius 3 is 2.67 bits per heavy atom. The maximum absolute atomic E-state index is 12.0. The standard InChI is InChI=1S/C20H20N4O5S/c1-23-10-13(18(26)24(2)20(23)27)4-9-17(25)29-11-15-12-30-19(22-15)21-14-5-7-16(28-3)8-6-14/h4-10,12H,11H2,1-3H3,(H,21,22)/b9-4-. The van der Waals surface area contributed by atoms with E-state index in [1.807, 2.05) is 24.3 Å². The summed E-state index contributed by atoms with van der Waals surface area (Å²) in [5, 5.41) is 5.61. The first-order chi connectivity index (χ1) is 14.4. The summed E-state index contributed by atoms with van der Waals surface area (Å²) in [5.41, 5.74) is 0.723. The molecule has 0 spiro atoms. The van der Waals surface area contributed by atoms with Gasteiger partial charge in [-0.3, -0.25) is 9.36 Å². The Bertz CT molecular complexity index is 1190. The minimum atomic E-state index is -0.622. The van der Waals surface area contributed by atoms with Crippen LogP contribution in [0, 0.1) is 0 Å². The van der Waals surface area contributed by atoms with E-state index in [1.54, 1.807) is 12.5 Å². The van der Waals surface area contributed by atoms with Gasteiger partial charge >= 0.3 is 11.7 Å². The van der Waals surface area contributed by atoms with Crippen LogP contribution in [0.15, 0.2) is 51.5 Å². The van der Waals surface area contributed by atoms with E-state index in [4.69, 9.17) is 9.47 Å². The normalized spacial score (nSPS) is 10.9. The van der Waals surface area contributed by atoms with E-state index in [1.165, 1.54) is 42.3 Å². The maximum Gasteiger partial charge on any atom is 0.331 e. The van der Waals surface area contributed by atoms with Gasteiger partial charge in [0, 0.05) is 37.4 Å². The number of ether oxygens (including phenoxy) is 2. The molecule has 0 radical (unpaired) electrons. The number of anilines is 2. The molecule has 0 saturated carbocycles. The first kappa shape index (κ1) is 21.1. The minimum Gasteiger partial charge on any atom is -0.497 e. The first-order valence-electron chi connectivity index (χ1n) is 8.84. The zero-order valence-corrected chi connectivity index (χ0v) is 17.4. The molecule has 156 valence electrons. The van der Waals surface area contributed by atoms with E-state index in [9.17, 15) is 14.4 Å². The summed E-state index contributed by atoms with van der Waals surface area (Å²) in [4.78, 5) is 40.1. The van der Waals surface area contributed by atoms with Gasteiger partial charge in [0.25, 0.3) is 5.56 Å². The molecular weight excluding hydrogens is 408 g/mol. The molecule has 0 aliphatic rings. The van der Waals surface area contributed by atoms with Crippen molar-refractivity contribution in [2.24, 2.45) is 14.1 Å². The third kappa shape index (κ3) is 5.03. The highest BCUT2D eigenvalue weighted by molar-refractivity contribution is 7.13. The van der Waals surface area contributed by atoms with Crippen LogP contribution < -0.4 is 21.3 Å². The molecule has 0 atom stereocenters. The molecule has 3 rings (SSSR count). The molecule has 9 nitrogen and oxygen atoms in total. The fraction of sp³-hybridized carbons (Fsp3) is 0.200. The van der Waals surface area contributed by atoms with E-state index in [0.29, 0.717) is 10.8 Å². The van der Waals surface area contributed by atoms with Crippen LogP contribution in [0.5, 0.6) is 5.75 Å². The van der Waals surface area contributed by atoms with Crippen molar-refractivity contribution in [1.82, 2.24) is 14.1 Å².